The Hall–Kier alpha value is -2.58. The third kappa shape index (κ3) is 5.02. The highest BCUT2D eigenvalue weighted by Gasteiger charge is 2.29. The van der Waals surface area contributed by atoms with Gasteiger partial charge in [-0.05, 0) is 18.9 Å². The molecule has 1 aromatic heterocycles. The predicted molar refractivity (Wildman–Crippen MR) is 118 cm³/mol. The number of halogens is 1. The third-order valence-corrected chi connectivity index (χ3v) is 5.99. The molecule has 0 N–H and O–H groups in total. The van der Waals surface area contributed by atoms with Gasteiger partial charge in [0.2, 0.25) is 11.9 Å². The van der Waals surface area contributed by atoms with Crippen LogP contribution in [0.4, 0.5) is 10.3 Å². The molecular weight excluding hydrogens is 397 g/mol. The Balaban J connectivity index is 1.59. The van der Waals surface area contributed by atoms with Gasteiger partial charge in [0, 0.05) is 63.5 Å². The monoisotopic (exact) mass is 427 g/mol. The van der Waals surface area contributed by atoms with Crippen molar-refractivity contribution >= 4 is 11.9 Å². The van der Waals surface area contributed by atoms with E-state index in [4.69, 9.17) is 9.72 Å². The largest absolute Gasteiger partial charge is 0.379 e. The number of amides is 1. The summed E-state index contributed by atoms with van der Waals surface area (Å²) in [6.07, 6.45) is 3.52. The summed E-state index contributed by atoms with van der Waals surface area (Å²) in [5.74, 6) is 0.479. The molecule has 0 aliphatic carbocycles. The summed E-state index contributed by atoms with van der Waals surface area (Å²) in [4.78, 5) is 28.1. The molecule has 166 valence electrons. The molecule has 4 rings (SSSR count). The van der Waals surface area contributed by atoms with E-state index in [9.17, 15) is 9.18 Å². The molecule has 0 spiro atoms. The van der Waals surface area contributed by atoms with Gasteiger partial charge in [0.05, 0.1) is 25.5 Å². The number of anilines is 1. The fourth-order valence-corrected chi connectivity index (χ4v) is 4.28. The number of rotatable bonds is 5. The van der Waals surface area contributed by atoms with Crippen molar-refractivity contribution in [2.45, 2.75) is 18.8 Å². The van der Waals surface area contributed by atoms with E-state index in [-0.39, 0.29) is 17.6 Å². The minimum atomic E-state index is -0.291. The van der Waals surface area contributed by atoms with Gasteiger partial charge in [0.15, 0.2) is 0 Å². The number of hydrogen-bond acceptors (Lipinski definition) is 6. The SMILES string of the molecule is CN(C)c1ncc(-c2ccccc2F)c([C@@H]2CCCN(C(=O)CN3CCOCC3)C2)n1. The number of nitrogens with zero attached hydrogens (tertiary/aromatic N) is 5. The zero-order valence-corrected chi connectivity index (χ0v) is 18.3. The van der Waals surface area contributed by atoms with E-state index in [1.165, 1.54) is 6.07 Å². The molecular formula is C23H30FN5O2. The van der Waals surface area contributed by atoms with E-state index < -0.39 is 0 Å². The smallest absolute Gasteiger partial charge is 0.236 e. The normalized spacial score (nSPS) is 20.0. The van der Waals surface area contributed by atoms with Crippen LogP contribution in [0.3, 0.4) is 0 Å². The Morgan fingerprint density at radius 2 is 1.97 bits per heavy atom. The van der Waals surface area contributed by atoms with Crippen LogP contribution in [0.1, 0.15) is 24.5 Å². The van der Waals surface area contributed by atoms with Crippen LogP contribution in [0.2, 0.25) is 0 Å². The number of carbonyl (C=O) groups excluding carboxylic acids is 1. The first-order chi connectivity index (χ1) is 15.0. The maximum atomic E-state index is 14.6. The van der Waals surface area contributed by atoms with E-state index in [2.05, 4.69) is 9.88 Å². The molecule has 0 saturated carbocycles. The molecule has 0 radical (unpaired) electrons. The van der Waals surface area contributed by atoms with Crippen LogP contribution in [-0.4, -0.2) is 85.7 Å². The maximum Gasteiger partial charge on any atom is 0.236 e. The van der Waals surface area contributed by atoms with Gasteiger partial charge in [-0.1, -0.05) is 18.2 Å². The van der Waals surface area contributed by atoms with Crippen LogP contribution >= 0.6 is 0 Å². The van der Waals surface area contributed by atoms with Crippen LogP contribution in [0.5, 0.6) is 0 Å². The van der Waals surface area contributed by atoms with Crippen LogP contribution < -0.4 is 4.90 Å². The quantitative estimate of drug-likeness (QED) is 0.730. The van der Waals surface area contributed by atoms with Crippen molar-refractivity contribution in [3.05, 3.63) is 42.0 Å². The van der Waals surface area contributed by atoms with Gasteiger partial charge in [-0.25, -0.2) is 14.4 Å². The standard InChI is InChI=1S/C23H30FN5O2/c1-27(2)23-25-14-19(18-7-3-4-8-20(18)24)22(26-23)17-6-5-9-29(15-17)21(30)16-28-10-12-31-13-11-28/h3-4,7-8,14,17H,5-6,9-13,15-16H2,1-2H3/t17-/m1/s1. The molecule has 1 aromatic carbocycles. The molecule has 31 heavy (non-hydrogen) atoms. The maximum absolute atomic E-state index is 14.6. The van der Waals surface area contributed by atoms with Gasteiger partial charge in [-0.2, -0.15) is 0 Å². The third-order valence-electron chi connectivity index (χ3n) is 5.99. The summed E-state index contributed by atoms with van der Waals surface area (Å²) in [5, 5.41) is 0. The van der Waals surface area contributed by atoms with Crippen molar-refractivity contribution < 1.29 is 13.9 Å². The van der Waals surface area contributed by atoms with E-state index in [0.29, 0.717) is 43.4 Å². The van der Waals surface area contributed by atoms with Crippen molar-refractivity contribution in [2.75, 3.05) is 64.9 Å². The van der Waals surface area contributed by atoms with Gasteiger partial charge in [0.1, 0.15) is 5.82 Å². The van der Waals surface area contributed by atoms with Crippen molar-refractivity contribution in [3.8, 4) is 11.1 Å². The first-order valence-corrected chi connectivity index (χ1v) is 10.9. The molecule has 3 heterocycles. The average molecular weight is 428 g/mol. The average Bonchev–Trinajstić information content (AvgIpc) is 2.80. The first kappa shape index (κ1) is 21.6. The predicted octanol–water partition coefficient (Wildman–Crippen LogP) is 2.39. The summed E-state index contributed by atoms with van der Waals surface area (Å²) in [7, 11) is 3.78. The molecule has 0 bridgehead atoms. The number of benzene rings is 1. The number of morpholine rings is 1. The van der Waals surface area contributed by atoms with Gasteiger partial charge in [-0.15, -0.1) is 0 Å². The number of hydrogen-bond donors (Lipinski definition) is 0. The Bertz CT molecular complexity index is 917. The second kappa shape index (κ2) is 9.70. The molecule has 2 saturated heterocycles. The fraction of sp³-hybridized carbons (Fsp3) is 0.522. The van der Waals surface area contributed by atoms with Gasteiger partial charge >= 0.3 is 0 Å². The molecule has 2 fully saturated rings. The Morgan fingerprint density at radius 3 is 2.71 bits per heavy atom. The second-order valence-electron chi connectivity index (χ2n) is 8.41. The van der Waals surface area contributed by atoms with Gasteiger partial charge in [-0.3, -0.25) is 9.69 Å². The molecule has 2 aliphatic rings. The zero-order chi connectivity index (χ0) is 21.8. The number of carbonyl (C=O) groups is 1. The molecule has 7 nitrogen and oxygen atoms in total. The van der Waals surface area contributed by atoms with Crippen molar-refractivity contribution in [1.29, 1.82) is 0 Å². The first-order valence-electron chi connectivity index (χ1n) is 10.9. The lowest BCUT2D eigenvalue weighted by Gasteiger charge is -2.35. The van der Waals surface area contributed by atoms with Gasteiger partial charge in [0.25, 0.3) is 0 Å². The Labute approximate surface area is 182 Å². The zero-order valence-electron chi connectivity index (χ0n) is 18.3. The molecule has 8 heteroatoms. The Kier molecular flexibility index (Phi) is 6.77. The highest BCUT2D eigenvalue weighted by atomic mass is 19.1. The molecule has 2 aliphatic heterocycles. The van der Waals surface area contributed by atoms with Crippen LogP contribution in [0.15, 0.2) is 30.5 Å². The number of ether oxygens (including phenoxy) is 1. The van der Waals surface area contributed by atoms with Gasteiger partial charge < -0.3 is 14.5 Å². The highest BCUT2D eigenvalue weighted by molar-refractivity contribution is 5.78. The van der Waals surface area contributed by atoms with E-state index in [0.717, 1.165) is 38.2 Å². The van der Waals surface area contributed by atoms with E-state index >= 15 is 0 Å². The lowest BCUT2D eigenvalue weighted by atomic mass is 9.89. The lowest BCUT2D eigenvalue weighted by molar-refractivity contribution is -0.134. The highest BCUT2D eigenvalue weighted by Crippen LogP contribution is 2.35. The number of likely N-dealkylation sites (tertiary alicyclic amines) is 1. The minimum absolute atomic E-state index is 0.0405. The minimum Gasteiger partial charge on any atom is -0.379 e. The summed E-state index contributed by atoms with van der Waals surface area (Å²) in [5.41, 5.74) is 2.02. The summed E-state index contributed by atoms with van der Waals surface area (Å²) in [6, 6.07) is 6.72. The molecule has 0 unspecified atom stereocenters. The van der Waals surface area contributed by atoms with Crippen LogP contribution in [0.25, 0.3) is 11.1 Å². The molecule has 1 amide bonds. The fourth-order valence-electron chi connectivity index (χ4n) is 4.28. The van der Waals surface area contributed by atoms with E-state index in [1.807, 2.05) is 30.0 Å². The van der Waals surface area contributed by atoms with Crippen LogP contribution in [-0.2, 0) is 9.53 Å². The Morgan fingerprint density at radius 1 is 1.19 bits per heavy atom. The summed E-state index contributed by atoms with van der Waals surface area (Å²) >= 11 is 0. The summed E-state index contributed by atoms with van der Waals surface area (Å²) in [6.45, 7) is 4.70. The second-order valence-corrected chi connectivity index (χ2v) is 8.41. The van der Waals surface area contributed by atoms with Crippen molar-refractivity contribution in [3.63, 3.8) is 0 Å². The van der Waals surface area contributed by atoms with Crippen LogP contribution in [0, 0.1) is 5.82 Å². The molecule has 2 aromatic rings. The number of piperidine rings is 1. The lowest BCUT2D eigenvalue weighted by Crippen LogP contribution is -2.47. The number of aromatic nitrogens is 2. The van der Waals surface area contributed by atoms with Crippen molar-refractivity contribution in [1.82, 2.24) is 19.8 Å². The molecule has 1 atom stereocenters. The topological polar surface area (TPSA) is 61.8 Å². The van der Waals surface area contributed by atoms with Crippen molar-refractivity contribution in [2.24, 2.45) is 0 Å². The summed E-state index contributed by atoms with van der Waals surface area (Å²) < 4.78 is 20.0. The van der Waals surface area contributed by atoms with E-state index in [1.54, 1.807) is 18.3 Å².